The van der Waals surface area contributed by atoms with E-state index in [4.69, 9.17) is 4.74 Å². The van der Waals surface area contributed by atoms with E-state index in [2.05, 4.69) is 48.3 Å². The second kappa shape index (κ2) is 5.74. The fourth-order valence-corrected chi connectivity index (χ4v) is 3.46. The lowest BCUT2D eigenvalue weighted by molar-refractivity contribution is 0.119. The zero-order valence-electron chi connectivity index (χ0n) is 12.7. The molecule has 0 amide bonds. The molecule has 0 bridgehead atoms. The summed E-state index contributed by atoms with van der Waals surface area (Å²) in [7, 11) is 0. The largest absolute Gasteiger partial charge is 0.493 e. The van der Waals surface area contributed by atoms with Crippen molar-refractivity contribution in [3.8, 4) is 5.75 Å². The molecule has 1 aromatic rings. The Hall–Kier alpha value is -1.06. The number of para-hydroxylation sites is 1. The molecule has 110 valence electrons. The van der Waals surface area contributed by atoms with Crippen LogP contribution in [0.5, 0.6) is 5.75 Å². The lowest BCUT2D eigenvalue weighted by Gasteiger charge is -2.39. The third kappa shape index (κ3) is 2.70. The van der Waals surface area contributed by atoms with Crippen LogP contribution in [0.15, 0.2) is 24.3 Å². The van der Waals surface area contributed by atoms with Gasteiger partial charge in [-0.3, -0.25) is 4.90 Å². The van der Waals surface area contributed by atoms with Crippen LogP contribution < -0.4 is 10.1 Å². The Morgan fingerprint density at radius 2 is 2.25 bits per heavy atom. The SMILES string of the molecule is CCC1(C)CN(C2CCOc3ccccc32)CCCN1. The number of benzene rings is 1. The third-order valence-corrected chi connectivity index (χ3v) is 4.87. The van der Waals surface area contributed by atoms with Gasteiger partial charge in [0.25, 0.3) is 0 Å². The van der Waals surface area contributed by atoms with Crippen LogP contribution in [0, 0.1) is 0 Å². The molecule has 20 heavy (non-hydrogen) atoms. The topological polar surface area (TPSA) is 24.5 Å². The molecule has 0 radical (unpaired) electrons. The first kappa shape index (κ1) is 13.9. The minimum atomic E-state index is 0.240. The summed E-state index contributed by atoms with van der Waals surface area (Å²) in [4.78, 5) is 2.67. The molecule has 3 heteroatoms. The number of ether oxygens (including phenoxy) is 1. The molecule has 1 saturated heterocycles. The van der Waals surface area contributed by atoms with Gasteiger partial charge in [0.15, 0.2) is 0 Å². The summed E-state index contributed by atoms with van der Waals surface area (Å²) in [5, 5.41) is 3.73. The van der Waals surface area contributed by atoms with Crippen molar-refractivity contribution >= 4 is 0 Å². The van der Waals surface area contributed by atoms with E-state index in [1.54, 1.807) is 0 Å². The smallest absolute Gasteiger partial charge is 0.124 e. The molecule has 2 aliphatic rings. The summed E-state index contributed by atoms with van der Waals surface area (Å²) < 4.78 is 5.81. The van der Waals surface area contributed by atoms with Crippen molar-refractivity contribution in [3.05, 3.63) is 29.8 Å². The summed E-state index contributed by atoms with van der Waals surface area (Å²) in [6.07, 6.45) is 3.51. The monoisotopic (exact) mass is 274 g/mol. The van der Waals surface area contributed by atoms with Gasteiger partial charge in [0.1, 0.15) is 5.75 Å². The maximum absolute atomic E-state index is 5.81. The van der Waals surface area contributed by atoms with E-state index in [1.807, 2.05) is 0 Å². The molecule has 1 fully saturated rings. The van der Waals surface area contributed by atoms with Crippen LogP contribution in [0.4, 0.5) is 0 Å². The van der Waals surface area contributed by atoms with E-state index in [0.717, 1.165) is 31.9 Å². The van der Waals surface area contributed by atoms with Crippen LogP contribution in [0.2, 0.25) is 0 Å². The molecule has 0 aromatic heterocycles. The fraction of sp³-hybridized carbons (Fsp3) is 0.647. The first-order valence-electron chi connectivity index (χ1n) is 7.93. The summed E-state index contributed by atoms with van der Waals surface area (Å²) >= 11 is 0. The number of hydrogen-bond acceptors (Lipinski definition) is 3. The zero-order chi connectivity index (χ0) is 14.0. The lowest BCUT2D eigenvalue weighted by Crippen LogP contribution is -2.49. The van der Waals surface area contributed by atoms with Gasteiger partial charge in [-0.1, -0.05) is 25.1 Å². The van der Waals surface area contributed by atoms with Crippen LogP contribution in [0.1, 0.15) is 44.7 Å². The van der Waals surface area contributed by atoms with Crippen molar-refractivity contribution in [1.29, 1.82) is 0 Å². The summed E-state index contributed by atoms with van der Waals surface area (Å²) in [6.45, 7) is 8.93. The first-order valence-corrected chi connectivity index (χ1v) is 7.93. The van der Waals surface area contributed by atoms with Crippen LogP contribution >= 0.6 is 0 Å². The van der Waals surface area contributed by atoms with Gasteiger partial charge in [-0.05, 0) is 32.4 Å². The Balaban J connectivity index is 1.85. The highest BCUT2D eigenvalue weighted by atomic mass is 16.5. The third-order valence-electron chi connectivity index (χ3n) is 4.87. The molecular weight excluding hydrogens is 248 g/mol. The predicted molar refractivity (Wildman–Crippen MR) is 82.2 cm³/mol. The number of hydrogen-bond donors (Lipinski definition) is 1. The standard InChI is InChI=1S/C17H26N2O/c1-3-17(2)13-19(11-6-10-18-17)15-9-12-20-16-8-5-4-7-14(15)16/h4-5,7-8,15,18H,3,6,9-13H2,1-2H3. The maximum atomic E-state index is 5.81. The Bertz CT molecular complexity index is 462. The van der Waals surface area contributed by atoms with Crippen LogP contribution in [-0.4, -0.2) is 36.7 Å². The molecule has 3 nitrogen and oxygen atoms in total. The van der Waals surface area contributed by atoms with Crippen LogP contribution in [-0.2, 0) is 0 Å². The molecule has 2 heterocycles. The molecule has 2 unspecified atom stereocenters. The van der Waals surface area contributed by atoms with Crippen LogP contribution in [0.25, 0.3) is 0 Å². The minimum absolute atomic E-state index is 0.240. The molecule has 0 aliphatic carbocycles. The lowest BCUT2D eigenvalue weighted by atomic mass is 9.94. The minimum Gasteiger partial charge on any atom is -0.493 e. The molecule has 3 rings (SSSR count). The van der Waals surface area contributed by atoms with E-state index in [0.29, 0.717) is 6.04 Å². The molecular formula is C17H26N2O. The molecule has 2 aliphatic heterocycles. The van der Waals surface area contributed by atoms with Crippen LogP contribution in [0.3, 0.4) is 0 Å². The van der Waals surface area contributed by atoms with Gasteiger partial charge in [-0.25, -0.2) is 0 Å². The Morgan fingerprint density at radius 3 is 3.10 bits per heavy atom. The molecule has 1 N–H and O–H groups in total. The van der Waals surface area contributed by atoms with Gasteiger partial charge in [-0.15, -0.1) is 0 Å². The maximum Gasteiger partial charge on any atom is 0.124 e. The summed E-state index contributed by atoms with van der Waals surface area (Å²) in [5.41, 5.74) is 1.61. The highest BCUT2D eigenvalue weighted by Gasteiger charge is 2.33. The average Bonchev–Trinajstić information content (AvgIpc) is 2.69. The molecule has 0 saturated carbocycles. The number of rotatable bonds is 2. The zero-order valence-corrected chi connectivity index (χ0v) is 12.7. The normalized spacial score (nSPS) is 31.2. The summed E-state index contributed by atoms with van der Waals surface area (Å²) in [6, 6.07) is 9.07. The molecule has 2 atom stereocenters. The Kier molecular flexibility index (Phi) is 3.99. The van der Waals surface area contributed by atoms with Gasteiger partial charge in [0, 0.05) is 36.7 Å². The number of nitrogens with one attached hydrogen (secondary N) is 1. The second-order valence-electron chi connectivity index (χ2n) is 6.36. The molecule has 0 spiro atoms. The fourth-order valence-electron chi connectivity index (χ4n) is 3.46. The van der Waals surface area contributed by atoms with E-state index < -0.39 is 0 Å². The van der Waals surface area contributed by atoms with Crippen molar-refractivity contribution in [2.45, 2.75) is 44.7 Å². The van der Waals surface area contributed by atoms with E-state index in [9.17, 15) is 0 Å². The van der Waals surface area contributed by atoms with Gasteiger partial charge in [0.2, 0.25) is 0 Å². The predicted octanol–water partition coefficient (Wildman–Crippen LogP) is 2.97. The number of fused-ring (bicyclic) bond motifs is 1. The molecule has 1 aromatic carbocycles. The summed E-state index contributed by atoms with van der Waals surface area (Å²) in [5.74, 6) is 1.08. The Labute approximate surface area is 122 Å². The van der Waals surface area contributed by atoms with Gasteiger partial charge in [-0.2, -0.15) is 0 Å². The highest BCUT2D eigenvalue weighted by molar-refractivity contribution is 5.37. The van der Waals surface area contributed by atoms with Gasteiger partial charge >= 0.3 is 0 Å². The quantitative estimate of drug-likeness (QED) is 0.897. The van der Waals surface area contributed by atoms with Crippen molar-refractivity contribution in [2.24, 2.45) is 0 Å². The first-order chi connectivity index (χ1) is 9.72. The van der Waals surface area contributed by atoms with E-state index in [1.165, 1.54) is 24.9 Å². The highest BCUT2D eigenvalue weighted by Crippen LogP contribution is 2.37. The average molecular weight is 274 g/mol. The second-order valence-corrected chi connectivity index (χ2v) is 6.36. The number of nitrogens with zero attached hydrogens (tertiary/aromatic N) is 1. The van der Waals surface area contributed by atoms with Crippen molar-refractivity contribution in [3.63, 3.8) is 0 Å². The van der Waals surface area contributed by atoms with Gasteiger partial charge in [0.05, 0.1) is 6.61 Å². The van der Waals surface area contributed by atoms with E-state index in [-0.39, 0.29) is 5.54 Å². The van der Waals surface area contributed by atoms with Crippen molar-refractivity contribution in [2.75, 3.05) is 26.2 Å². The van der Waals surface area contributed by atoms with Crippen molar-refractivity contribution in [1.82, 2.24) is 10.2 Å². The van der Waals surface area contributed by atoms with Gasteiger partial charge < -0.3 is 10.1 Å². The van der Waals surface area contributed by atoms with E-state index >= 15 is 0 Å². The van der Waals surface area contributed by atoms with Crippen molar-refractivity contribution < 1.29 is 4.74 Å². The Morgan fingerprint density at radius 1 is 1.40 bits per heavy atom.